The van der Waals surface area contributed by atoms with Gasteiger partial charge in [0.1, 0.15) is 12.1 Å². The van der Waals surface area contributed by atoms with E-state index in [9.17, 15) is 42.3 Å². The summed E-state index contributed by atoms with van der Waals surface area (Å²) in [5, 5.41) is 18.4. The Labute approximate surface area is 243 Å². The summed E-state index contributed by atoms with van der Waals surface area (Å²) in [6.07, 6.45) is -4.81. The number of fused-ring (bicyclic) bond motifs is 1. The quantitative estimate of drug-likeness (QED) is 0.320. The van der Waals surface area contributed by atoms with Crippen LogP contribution in [0.5, 0.6) is 0 Å². The molecule has 4 aliphatic rings. The van der Waals surface area contributed by atoms with Crippen LogP contribution in [0, 0.1) is 28.6 Å². The van der Waals surface area contributed by atoms with Crippen LogP contribution in [0.15, 0.2) is 0 Å². The third-order valence-corrected chi connectivity index (χ3v) is 9.47. The van der Waals surface area contributed by atoms with Gasteiger partial charge in [0.25, 0.3) is 5.91 Å². The molecule has 4 fully saturated rings. The summed E-state index contributed by atoms with van der Waals surface area (Å²) in [6, 6.07) is -3.79. The van der Waals surface area contributed by atoms with Gasteiger partial charge >= 0.3 is 12.1 Å². The van der Waals surface area contributed by atoms with Crippen LogP contribution in [0.2, 0.25) is 0 Å². The molecule has 4 N–H and O–H groups in total. The van der Waals surface area contributed by atoms with Crippen LogP contribution in [0.1, 0.15) is 60.3 Å². The molecule has 3 aliphatic heterocycles. The summed E-state index contributed by atoms with van der Waals surface area (Å²) in [7, 11) is 0. The minimum atomic E-state index is -5.20. The molecule has 7 atom stereocenters. The molecule has 1 aliphatic carbocycles. The fourth-order valence-electron chi connectivity index (χ4n) is 6.64. The molecule has 0 radical (unpaired) electrons. The van der Waals surface area contributed by atoms with E-state index in [0.717, 1.165) is 6.42 Å². The Morgan fingerprint density at radius 3 is 2.24 bits per heavy atom. The number of rotatable bonds is 8. The highest BCUT2D eigenvalue weighted by atomic mass is 19.4. The Hall–Kier alpha value is -2.90. The number of nitrogens with one attached hydrogen (secondary N) is 3. The summed E-state index contributed by atoms with van der Waals surface area (Å²) >= 11 is 0. The van der Waals surface area contributed by atoms with Gasteiger partial charge in [0.2, 0.25) is 17.7 Å². The summed E-state index contributed by atoms with van der Waals surface area (Å²) in [6.45, 7) is 9.99. The van der Waals surface area contributed by atoms with Gasteiger partial charge in [-0.05, 0) is 48.3 Å². The van der Waals surface area contributed by atoms with Gasteiger partial charge < -0.3 is 30.9 Å². The molecule has 3 saturated heterocycles. The first kappa shape index (κ1) is 32.0. The van der Waals surface area contributed by atoms with Crippen LogP contribution in [0.3, 0.4) is 0 Å². The minimum Gasteiger partial charge on any atom is -0.381 e. The van der Waals surface area contributed by atoms with Gasteiger partial charge in [-0.15, -0.1) is 0 Å². The molecule has 0 bridgehead atoms. The lowest BCUT2D eigenvalue weighted by Crippen LogP contribution is -2.62. The van der Waals surface area contributed by atoms with Crippen molar-refractivity contribution < 1.29 is 42.3 Å². The number of carbonyl (C=O) groups is 5. The first-order chi connectivity index (χ1) is 19.4. The molecule has 0 aromatic heterocycles. The predicted molar refractivity (Wildman–Crippen MR) is 143 cm³/mol. The molecule has 0 spiro atoms. The highest BCUT2D eigenvalue weighted by Gasteiger charge is 2.70. The number of aliphatic hydroxyl groups excluding tert-OH is 1. The van der Waals surface area contributed by atoms with Crippen molar-refractivity contribution in [1.29, 1.82) is 0 Å². The zero-order valence-electron chi connectivity index (χ0n) is 24.7. The Morgan fingerprint density at radius 2 is 1.71 bits per heavy atom. The lowest BCUT2D eigenvalue weighted by molar-refractivity contribution is -0.176. The molecule has 4 rings (SSSR count). The average molecular weight is 602 g/mol. The summed E-state index contributed by atoms with van der Waals surface area (Å²) < 4.78 is 39.4. The number of hydrogen-bond acceptors (Lipinski definition) is 6. The molecule has 1 unspecified atom stereocenters. The van der Waals surface area contributed by atoms with E-state index >= 15 is 0 Å². The maximum Gasteiger partial charge on any atom is 0.471 e. The first-order valence-corrected chi connectivity index (χ1v) is 14.6. The van der Waals surface area contributed by atoms with Crippen LogP contribution < -0.4 is 16.0 Å². The van der Waals surface area contributed by atoms with Gasteiger partial charge in [-0.1, -0.05) is 34.6 Å². The second kappa shape index (κ2) is 11.3. The van der Waals surface area contributed by atoms with Crippen molar-refractivity contribution in [2.24, 2.45) is 28.6 Å². The van der Waals surface area contributed by atoms with Crippen molar-refractivity contribution in [2.45, 2.75) is 90.7 Å². The molecular formula is C28H42F3N5O6. The Morgan fingerprint density at radius 1 is 1.07 bits per heavy atom. The molecular weight excluding hydrogens is 559 g/mol. The van der Waals surface area contributed by atoms with E-state index in [2.05, 4.69) is 10.6 Å². The number of alkyl halides is 3. The van der Waals surface area contributed by atoms with Crippen molar-refractivity contribution in [3.8, 4) is 0 Å². The normalized spacial score (nSPS) is 28.9. The van der Waals surface area contributed by atoms with Gasteiger partial charge in [-0.3, -0.25) is 24.0 Å². The maximum absolute atomic E-state index is 13.9. The Bertz CT molecular complexity index is 1120. The van der Waals surface area contributed by atoms with Crippen molar-refractivity contribution >= 4 is 29.5 Å². The monoisotopic (exact) mass is 601 g/mol. The lowest BCUT2D eigenvalue weighted by atomic mass is 9.85. The standard InChI is InChI=1S/C28H42F3N5O6/c1-26(2,3)20(34-25(42)28(29,30)31)24(41)36-13-15-17(27(15,4)5)18(36)22(39)33-16(12-14-8-6-9-32-21(14)38)19(37)23(40)35-10-7-11-35/h14-20,37H,6-13H2,1-5H3,(H,32,38)(H,33,39)(H,34,42)/t14-,15-,16-,17-,18-,19?,20+/m0/s1. The number of hydrogen-bond donors (Lipinski definition) is 4. The number of nitrogens with zero attached hydrogens (tertiary/aromatic N) is 2. The van der Waals surface area contributed by atoms with Crippen LogP contribution in [0.25, 0.3) is 0 Å². The number of carbonyl (C=O) groups excluding carboxylic acids is 5. The summed E-state index contributed by atoms with van der Waals surface area (Å²) in [4.78, 5) is 67.7. The summed E-state index contributed by atoms with van der Waals surface area (Å²) in [5.41, 5.74) is -1.45. The molecule has 0 aromatic rings. The third kappa shape index (κ3) is 6.23. The van der Waals surface area contributed by atoms with Gasteiger partial charge in [0.15, 0.2) is 6.10 Å². The van der Waals surface area contributed by atoms with Gasteiger partial charge in [-0.2, -0.15) is 13.2 Å². The Balaban J connectivity index is 1.59. The van der Waals surface area contributed by atoms with Crippen LogP contribution in [0.4, 0.5) is 13.2 Å². The van der Waals surface area contributed by atoms with Crippen LogP contribution >= 0.6 is 0 Å². The summed E-state index contributed by atoms with van der Waals surface area (Å²) in [5.74, 6) is -5.49. The topological polar surface area (TPSA) is 148 Å². The molecule has 0 aromatic carbocycles. The van der Waals surface area contributed by atoms with E-state index in [1.165, 1.54) is 30.6 Å². The fourth-order valence-corrected chi connectivity index (χ4v) is 6.64. The zero-order valence-corrected chi connectivity index (χ0v) is 24.7. The van der Waals surface area contributed by atoms with Crippen LogP contribution in [-0.2, 0) is 24.0 Å². The van der Waals surface area contributed by atoms with Crippen molar-refractivity contribution in [1.82, 2.24) is 25.8 Å². The lowest BCUT2D eigenvalue weighted by Gasteiger charge is -2.39. The smallest absolute Gasteiger partial charge is 0.381 e. The predicted octanol–water partition coefficient (Wildman–Crippen LogP) is 0.557. The van der Waals surface area contributed by atoms with Crippen LogP contribution in [-0.4, -0.2) is 101 Å². The average Bonchev–Trinajstić information content (AvgIpc) is 3.18. The molecule has 5 amide bonds. The van der Waals surface area contributed by atoms with E-state index in [-0.39, 0.29) is 36.1 Å². The van der Waals surface area contributed by atoms with E-state index < -0.39 is 65.4 Å². The second-order valence-corrected chi connectivity index (χ2v) is 13.8. The van der Waals surface area contributed by atoms with Gasteiger partial charge in [-0.25, -0.2) is 0 Å². The number of halogens is 3. The fraction of sp³-hybridized carbons (Fsp3) is 0.821. The molecule has 42 heavy (non-hydrogen) atoms. The molecule has 14 heteroatoms. The molecule has 3 heterocycles. The van der Waals surface area contributed by atoms with Gasteiger partial charge in [0.05, 0.1) is 6.04 Å². The van der Waals surface area contributed by atoms with E-state index in [1.54, 1.807) is 0 Å². The third-order valence-electron chi connectivity index (χ3n) is 9.47. The highest BCUT2D eigenvalue weighted by Crippen LogP contribution is 2.65. The largest absolute Gasteiger partial charge is 0.471 e. The zero-order chi connectivity index (χ0) is 31.4. The Kier molecular flexibility index (Phi) is 8.62. The highest BCUT2D eigenvalue weighted by molar-refractivity contribution is 5.95. The number of likely N-dealkylation sites (tertiary alicyclic amines) is 2. The first-order valence-electron chi connectivity index (χ1n) is 14.6. The molecule has 236 valence electrons. The number of amides is 5. The SMILES string of the molecule is CC(C)(C)[C@H](NC(=O)C(F)(F)F)C(=O)N1C[C@H]2[C@@H]([C@H]1C(=O)N[C@@H](C[C@@H]1CCCNC1=O)C(O)C(=O)N1CCC1)C2(C)C. The maximum atomic E-state index is 13.9. The van der Waals surface area contributed by atoms with Crippen molar-refractivity contribution in [3.63, 3.8) is 0 Å². The minimum absolute atomic E-state index is 0.00271. The van der Waals surface area contributed by atoms with Crippen molar-refractivity contribution in [3.05, 3.63) is 0 Å². The second-order valence-electron chi connectivity index (χ2n) is 13.8. The molecule has 11 nitrogen and oxygen atoms in total. The van der Waals surface area contributed by atoms with E-state index in [4.69, 9.17) is 0 Å². The van der Waals surface area contributed by atoms with E-state index in [0.29, 0.717) is 32.5 Å². The number of aliphatic hydroxyl groups is 1. The molecule has 1 saturated carbocycles. The van der Waals surface area contributed by atoms with Gasteiger partial charge in [0, 0.05) is 32.1 Å². The number of piperidine rings is 2. The van der Waals surface area contributed by atoms with E-state index in [1.807, 2.05) is 19.2 Å². The van der Waals surface area contributed by atoms with Crippen molar-refractivity contribution in [2.75, 3.05) is 26.2 Å².